The van der Waals surface area contributed by atoms with Crippen molar-refractivity contribution in [2.24, 2.45) is 5.18 Å². The van der Waals surface area contributed by atoms with Gasteiger partial charge in [0.25, 0.3) is 0 Å². The second-order valence-electron chi connectivity index (χ2n) is 7.30. The zero-order chi connectivity index (χ0) is 22.1. The van der Waals surface area contributed by atoms with Crippen LogP contribution in [0.4, 0.5) is 11.5 Å². The Morgan fingerprint density at radius 1 is 1.09 bits per heavy atom. The summed E-state index contributed by atoms with van der Waals surface area (Å²) in [5, 5.41) is 3.98. The van der Waals surface area contributed by atoms with E-state index in [4.69, 9.17) is 21.1 Å². The van der Waals surface area contributed by atoms with Gasteiger partial charge in [-0.1, -0.05) is 17.7 Å². The van der Waals surface area contributed by atoms with E-state index in [0.29, 0.717) is 19.7 Å². The minimum Gasteiger partial charge on any atom is -0.497 e. The molecule has 1 aliphatic rings. The molecule has 0 unspecified atom stereocenters. The molecule has 0 atom stereocenters. The number of ether oxygens (including phenoxy) is 2. The van der Waals surface area contributed by atoms with E-state index in [2.05, 4.69) is 25.0 Å². The maximum absolute atomic E-state index is 11.0. The molecule has 5 rings (SSSR count). The van der Waals surface area contributed by atoms with Crippen LogP contribution in [0, 0.1) is 4.91 Å². The highest BCUT2D eigenvalue weighted by Crippen LogP contribution is 2.34. The van der Waals surface area contributed by atoms with E-state index in [9.17, 15) is 4.91 Å². The first-order valence-corrected chi connectivity index (χ1v) is 10.3. The summed E-state index contributed by atoms with van der Waals surface area (Å²) < 4.78 is 11.3. The molecule has 160 valence electrons. The van der Waals surface area contributed by atoms with E-state index in [1.165, 1.54) is 0 Å². The molecule has 9 heteroatoms. The molecule has 0 bridgehead atoms. The number of pyridine rings is 1. The number of benzene rings is 2. The number of fused-ring (bicyclic) bond motifs is 2. The van der Waals surface area contributed by atoms with E-state index >= 15 is 0 Å². The number of nitrogens with zero attached hydrogens (tertiary/aromatic N) is 5. The minimum atomic E-state index is 0.0836. The molecule has 2 aromatic heterocycles. The fraction of sp³-hybridized carbons (Fsp3) is 0.174. The van der Waals surface area contributed by atoms with Gasteiger partial charge in [-0.15, -0.1) is 4.91 Å². The van der Waals surface area contributed by atoms with Crippen molar-refractivity contribution in [3.05, 3.63) is 70.6 Å². The summed E-state index contributed by atoms with van der Waals surface area (Å²) in [6.07, 6.45) is 3.19. The third kappa shape index (κ3) is 3.69. The van der Waals surface area contributed by atoms with Gasteiger partial charge in [0.1, 0.15) is 35.9 Å². The Kier molecular flexibility index (Phi) is 5.28. The van der Waals surface area contributed by atoms with Crippen LogP contribution in [-0.2, 0) is 6.54 Å². The Morgan fingerprint density at radius 3 is 2.84 bits per heavy atom. The minimum absolute atomic E-state index is 0.0836. The Morgan fingerprint density at radius 2 is 2.00 bits per heavy atom. The molecule has 2 aromatic carbocycles. The lowest BCUT2D eigenvalue weighted by Gasteiger charge is -2.22. The highest BCUT2D eigenvalue weighted by Gasteiger charge is 2.20. The van der Waals surface area contributed by atoms with Crippen molar-refractivity contribution in [3.8, 4) is 22.6 Å². The van der Waals surface area contributed by atoms with E-state index in [1.807, 2.05) is 36.4 Å². The first-order chi connectivity index (χ1) is 15.7. The predicted octanol–water partition coefficient (Wildman–Crippen LogP) is 5.15. The van der Waals surface area contributed by atoms with Crippen molar-refractivity contribution in [2.45, 2.75) is 6.54 Å². The summed E-state index contributed by atoms with van der Waals surface area (Å²) in [5.41, 5.74) is 3.56. The van der Waals surface area contributed by atoms with Gasteiger partial charge < -0.3 is 14.4 Å². The summed E-state index contributed by atoms with van der Waals surface area (Å²) in [7, 11) is 1.63. The van der Waals surface area contributed by atoms with Gasteiger partial charge in [-0.2, -0.15) is 0 Å². The Hall–Kier alpha value is -3.78. The Labute approximate surface area is 188 Å². The Balaban J connectivity index is 1.53. The van der Waals surface area contributed by atoms with Crippen molar-refractivity contribution < 1.29 is 9.47 Å². The van der Waals surface area contributed by atoms with Crippen LogP contribution >= 0.6 is 11.6 Å². The average molecular weight is 448 g/mol. The van der Waals surface area contributed by atoms with Crippen LogP contribution in [-0.4, -0.2) is 35.2 Å². The van der Waals surface area contributed by atoms with Crippen molar-refractivity contribution >= 4 is 34.0 Å². The zero-order valence-corrected chi connectivity index (χ0v) is 17.9. The van der Waals surface area contributed by atoms with Gasteiger partial charge in [0.15, 0.2) is 5.15 Å². The summed E-state index contributed by atoms with van der Waals surface area (Å²) >= 11 is 5.92. The lowest BCUT2D eigenvalue weighted by molar-refractivity contribution is 0.331. The van der Waals surface area contributed by atoms with Crippen LogP contribution in [0.5, 0.6) is 11.5 Å². The lowest BCUT2D eigenvalue weighted by atomic mass is 10.0. The highest BCUT2D eigenvalue weighted by molar-refractivity contribution is 6.31. The lowest BCUT2D eigenvalue weighted by Crippen LogP contribution is -2.26. The molecule has 1 aliphatic heterocycles. The van der Waals surface area contributed by atoms with Crippen LogP contribution in [0.2, 0.25) is 5.15 Å². The molecule has 8 nitrogen and oxygen atoms in total. The van der Waals surface area contributed by atoms with Gasteiger partial charge in [0.05, 0.1) is 19.2 Å². The molecule has 0 N–H and O–H groups in total. The largest absolute Gasteiger partial charge is 0.497 e. The first kappa shape index (κ1) is 20.1. The predicted molar refractivity (Wildman–Crippen MR) is 123 cm³/mol. The van der Waals surface area contributed by atoms with Gasteiger partial charge in [0.2, 0.25) is 0 Å². The number of nitroso groups, excluding NO2 is 1. The molecule has 0 saturated carbocycles. The summed E-state index contributed by atoms with van der Waals surface area (Å²) in [5.74, 6) is 2.39. The van der Waals surface area contributed by atoms with E-state index in [0.717, 1.165) is 44.9 Å². The molecule has 0 aliphatic carbocycles. The third-order valence-electron chi connectivity index (χ3n) is 5.41. The standard InChI is InChI=1S/C23H18ClN5O3/c1-31-17-3-4-18-19(10-17)26-13-27-23(18)29-6-7-32-21-5-2-14(8-16(21)12-29)15-9-20(28-30)22(24)25-11-15/h2-5,8-11,13H,6-7,12H2,1H3. The molecule has 0 saturated heterocycles. The average Bonchev–Trinajstić information content (AvgIpc) is 3.05. The van der Waals surface area contributed by atoms with Crippen LogP contribution in [0.15, 0.2) is 60.2 Å². The number of hydrogen-bond acceptors (Lipinski definition) is 8. The van der Waals surface area contributed by atoms with Crippen molar-refractivity contribution in [1.29, 1.82) is 0 Å². The van der Waals surface area contributed by atoms with E-state index < -0.39 is 0 Å². The van der Waals surface area contributed by atoms with Crippen LogP contribution in [0.1, 0.15) is 5.56 Å². The third-order valence-corrected chi connectivity index (χ3v) is 5.71. The second kappa shape index (κ2) is 8.39. The number of anilines is 1. The Bertz CT molecular complexity index is 1330. The molecule has 0 radical (unpaired) electrons. The summed E-state index contributed by atoms with van der Waals surface area (Å²) in [6, 6.07) is 13.3. The first-order valence-electron chi connectivity index (χ1n) is 9.95. The number of methoxy groups -OCH3 is 1. The smallest absolute Gasteiger partial charge is 0.158 e. The molecule has 0 fully saturated rings. The van der Waals surface area contributed by atoms with E-state index in [-0.39, 0.29) is 10.8 Å². The summed E-state index contributed by atoms with van der Waals surface area (Å²) in [6.45, 7) is 1.79. The van der Waals surface area contributed by atoms with Crippen molar-refractivity contribution in [3.63, 3.8) is 0 Å². The molecule has 4 aromatic rings. The van der Waals surface area contributed by atoms with Crippen molar-refractivity contribution in [2.75, 3.05) is 25.2 Å². The van der Waals surface area contributed by atoms with Crippen LogP contribution < -0.4 is 14.4 Å². The molecule has 3 heterocycles. The number of halogens is 1. The number of hydrogen-bond donors (Lipinski definition) is 0. The van der Waals surface area contributed by atoms with Gasteiger partial charge in [-0.3, -0.25) is 0 Å². The molecule has 0 amide bonds. The quantitative estimate of drug-likeness (QED) is 0.315. The molecule has 0 spiro atoms. The molecule has 32 heavy (non-hydrogen) atoms. The maximum atomic E-state index is 11.0. The van der Waals surface area contributed by atoms with Crippen molar-refractivity contribution in [1.82, 2.24) is 15.0 Å². The number of aromatic nitrogens is 3. The highest BCUT2D eigenvalue weighted by atomic mass is 35.5. The monoisotopic (exact) mass is 447 g/mol. The normalized spacial score (nSPS) is 13.2. The molecular formula is C23H18ClN5O3. The second-order valence-corrected chi connectivity index (χ2v) is 7.66. The topological polar surface area (TPSA) is 89.8 Å². The van der Waals surface area contributed by atoms with Gasteiger partial charge in [0, 0.05) is 35.3 Å². The fourth-order valence-corrected chi connectivity index (χ4v) is 3.95. The van der Waals surface area contributed by atoms with Gasteiger partial charge in [-0.05, 0) is 41.1 Å². The van der Waals surface area contributed by atoms with Crippen LogP contribution in [0.3, 0.4) is 0 Å². The summed E-state index contributed by atoms with van der Waals surface area (Å²) in [4.78, 5) is 26.2. The maximum Gasteiger partial charge on any atom is 0.158 e. The zero-order valence-electron chi connectivity index (χ0n) is 17.2. The van der Waals surface area contributed by atoms with Gasteiger partial charge >= 0.3 is 0 Å². The van der Waals surface area contributed by atoms with E-state index in [1.54, 1.807) is 25.7 Å². The molecular weight excluding hydrogens is 430 g/mol. The number of rotatable bonds is 4. The fourth-order valence-electron chi connectivity index (χ4n) is 3.81. The SMILES string of the molecule is COc1ccc2c(N3CCOc4ccc(-c5cnc(Cl)c(N=O)c5)cc4C3)ncnc2c1. The van der Waals surface area contributed by atoms with Crippen LogP contribution in [0.25, 0.3) is 22.0 Å². The van der Waals surface area contributed by atoms with Gasteiger partial charge in [-0.25, -0.2) is 15.0 Å².